The van der Waals surface area contributed by atoms with Crippen LogP contribution in [-0.4, -0.2) is 9.55 Å². The number of para-hydroxylation sites is 1. The Labute approximate surface area is 112 Å². The second-order valence-electron chi connectivity index (χ2n) is 4.11. The van der Waals surface area contributed by atoms with Crippen molar-refractivity contribution in [1.82, 2.24) is 9.55 Å². The lowest BCUT2D eigenvalue weighted by Gasteiger charge is -2.18. The van der Waals surface area contributed by atoms with E-state index in [4.69, 9.17) is 17.3 Å². The van der Waals surface area contributed by atoms with E-state index in [1.165, 1.54) is 29.2 Å². The number of nitrogens with two attached hydrogens (primary N) is 1. The van der Waals surface area contributed by atoms with Crippen LogP contribution < -0.4 is 5.73 Å². The van der Waals surface area contributed by atoms with E-state index in [-0.39, 0.29) is 10.7 Å². The number of rotatable bonds is 2. The van der Waals surface area contributed by atoms with Gasteiger partial charge in [0.05, 0.1) is 34.5 Å². The van der Waals surface area contributed by atoms with E-state index in [1.807, 2.05) is 0 Å². The first-order chi connectivity index (χ1) is 8.82. The molecular formula is C12H11ClF3N3. The second-order valence-corrected chi connectivity index (χ2v) is 4.52. The average Bonchev–Trinajstić information content (AvgIpc) is 2.76. The molecule has 0 amide bonds. The molecule has 3 nitrogen and oxygen atoms in total. The molecule has 1 unspecified atom stereocenters. The maximum Gasteiger partial charge on any atom is 0.418 e. The van der Waals surface area contributed by atoms with Gasteiger partial charge in [-0.3, -0.25) is 4.57 Å². The van der Waals surface area contributed by atoms with Crippen molar-refractivity contribution in [3.05, 3.63) is 47.0 Å². The molecule has 19 heavy (non-hydrogen) atoms. The molecule has 0 aliphatic rings. The lowest BCUT2D eigenvalue weighted by Crippen LogP contribution is -2.15. The normalized spacial score (nSPS) is 13.6. The predicted octanol–water partition coefficient (Wildman–Crippen LogP) is 3.56. The fourth-order valence-corrected chi connectivity index (χ4v) is 2.08. The highest BCUT2D eigenvalue weighted by atomic mass is 35.5. The van der Waals surface area contributed by atoms with Crippen molar-refractivity contribution in [2.75, 3.05) is 0 Å². The summed E-state index contributed by atoms with van der Waals surface area (Å²) in [5.74, 6) is 0. The highest BCUT2D eigenvalue weighted by Gasteiger charge is 2.35. The van der Waals surface area contributed by atoms with Gasteiger partial charge in [0.15, 0.2) is 0 Å². The van der Waals surface area contributed by atoms with Crippen LogP contribution in [0, 0.1) is 0 Å². The Morgan fingerprint density at radius 1 is 1.37 bits per heavy atom. The van der Waals surface area contributed by atoms with E-state index in [9.17, 15) is 13.2 Å². The van der Waals surface area contributed by atoms with Crippen LogP contribution in [0.15, 0.2) is 30.7 Å². The van der Waals surface area contributed by atoms with E-state index < -0.39 is 17.8 Å². The Morgan fingerprint density at radius 3 is 2.63 bits per heavy atom. The van der Waals surface area contributed by atoms with Crippen molar-refractivity contribution < 1.29 is 13.2 Å². The molecule has 1 heterocycles. The third-order valence-electron chi connectivity index (χ3n) is 2.67. The standard InChI is InChI=1S/C12H11ClF3N3/c1-7(17)10-5-18-6-19(10)11-8(12(14,15)16)3-2-4-9(11)13/h2-7H,17H2,1H3. The zero-order chi connectivity index (χ0) is 14.2. The molecule has 7 heteroatoms. The molecule has 0 aliphatic heterocycles. The topological polar surface area (TPSA) is 43.8 Å². The molecule has 0 bridgehead atoms. The molecule has 102 valence electrons. The Balaban J connectivity index is 2.71. The van der Waals surface area contributed by atoms with Crippen LogP contribution in [0.5, 0.6) is 0 Å². The lowest BCUT2D eigenvalue weighted by atomic mass is 10.1. The van der Waals surface area contributed by atoms with Crippen molar-refractivity contribution in [1.29, 1.82) is 0 Å². The first-order valence-electron chi connectivity index (χ1n) is 5.46. The molecule has 1 aromatic heterocycles. The first-order valence-corrected chi connectivity index (χ1v) is 5.84. The highest BCUT2D eigenvalue weighted by molar-refractivity contribution is 6.32. The van der Waals surface area contributed by atoms with Gasteiger partial charge in [-0.05, 0) is 19.1 Å². The third kappa shape index (κ3) is 2.59. The van der Waals surface area contributed by atoms with Crippen molar-refractivity contribution in [2.45, 2.75) is 19.1 Å². The lowest BCUT2D eigenvalue weighted by molar-refractivity contribution is -0.137. The molecule has 2 rings (SSSR count). The summed E-state index contributed by atoms with van der Waals surface area (Å²) in [4.78, 5) is 3.84. The Hall–Kier alpha value is -1.53. The number of hydrogen-bond donors (Lipinski definition) is 1. The minimum Gasteiger partial charge on any atom is -0.323 e. The molecular weight excluding hydrogens is 279 g/mol. The Morgan fingerprint density at radius 2 is 2.05 bits per heavy atom. The smallest absolute Gasteiger partial charge is 0.323 e. The fourth-order valence-electron chi connectivity index (χ4n) is 1.82. The van der Waals surface area contributed by atoms with Gasteiger partial charge in [-0.2, -0.15) is 13.2 Å². The van der Waals surface area contributed by atoms with Crippen LogP contribution in [0.1, 0.15) is 24.2 Å². The molecule has 2 N–H and O–H groups in total. The quantitative estimate of drug-likeness (QED) is 0.918. The van der Waals surface area contributed by atoms with Crippen molar-refractivity contribution in [3.8, 4) is 5.69 Å². The third-order valence-corrected chi connectivity index (χ3v) is 2.97. The second kappa shape index (κ2) is 4.86. The SMILES string of the molecule is CC(N)c1cncn1-c1c(Cl)cccc1C(F)(F)F. The zero-order valence-corrected chi connectivity index (χ0v) is 10.7. The Kier molecular flexibility index (Phi) is 3.56. The van der Waals surface area contributed by atoms with Gasteiger partial charge in [0, 0.05) is 6.04 Å². The van der Waals surface area contributed by atoms with Crippen LogP contribution in [-0.2, 0) is 6.18 Å². The van der Waals surface area contributed by atoms with E-state index in [1.54, 1.807) is 6.92 Å². The van der Waals surface area contributed by atoms with Gasteiger partial charge in [0.25, 0.3) is 0 Å². The number of nitrogens with zero attached hydrogens (tertiary/aromatic N) is 2. The zero-order valence-electron chi connectivity index (χ0n) is 9.95. The molecule has 0 spiro atoms. The summed E-state index contributed by atoms with van der Waals surface area (Å²) in [6, 6.07) is 3.18. The predicted molar refractivity (Wildman–Crippen MR) is 66.2 cm³/mol. The van der Waals surface area contributed by atoms with Crippen LogP contribution >= 0.6 is 11.6 Å². The maximum absolute atomic E-state index is 13.0. The summed E-state index contributed by atoms with van der Waals surface area (Å²) in [7, 11) is 0. The molecule has 0 radical (unpaired) electrons. The number of aromatic nitrogens is 2. The number of benzene rings is 1. The summed E-state index contributed by atoms with van der Waals surface area (Å²) in [5.41, 5.74) is 5.21. The summed E-state index contributed by atoms with van der Waals surface area (Å²) in [6.45, 7) is 1.66. The first kappa shape index (κ1) is 13.9. The average molecular weight is 290 g/mol. The number of alkyl halides is 3. The van der Waals surface area contributed by atoms with Gasteiger partial charge < -0.3 is 5.73 Å². The minimum absolute atomic E-state index is 0.00488. The largest absolute Gasteiger partial charge is 0.418 e. The fraction of sp³-hybridized carbons (Fsp3) is 0.250. The van der Waals surface area contributed by atoms with E-state index in [0.717, 1.165) is 6.07 Å². The van der Waals surface area contributed by atoms with Crippen LogP contribution in [0.3, 0.4) is 0 Å². The van der Waals surface area contributed by atoms with E-state index in [0.29, 0.717) is 5.69 Å². The van der Waals surface area contributed by atoms with Gasteiger partial charge in [0.1, 0.15) is 0 Å². The van der Waals surface area contributed by atoms with Crippen molar-refractivity contribution in [2.24, 2.45) is 5.73 Å². The van der Waals surface area contributed by atoms with Gasteiger partial charge in [0.2, 0.25) is 0 Å². The van der Waals surface area contributed by atoms with E-state index >= 15 is 0 Å². The van der Waals surface area contributed by atoms with Crippen molar-refractivity contribution >= 4 is 11.6 Å². The van der Waals surface area contributed by atoms with Crippen LogP contribution in [0.25, 0.3) is 5.69 Å². The molecule has 0 saturated heterocycles. The van der Waals surface area contributed by atoms with Crippen molar-refractivity contribution in [3.63, 3.8) is 0 Å². The molecule has 1 atom stereocenters. The molecule has 0 fully saturated rings. The maximum atomic E-state index is 13.0. The summed E-state index contributed by atoms with van der Waals surface area (Å²) >= 11 is 5.91. The summed E-state index contributed by atoms with van der Waals surface area (Å²) in [6.07, 6.45) is -1.80. The Bertz CT molecular complexity index is 590. The molecule has 1 aromatic carbocycles. The van der Waals surface area contributed by atoms with Gasteiger partial charge in [-0.1, -0.05) is 17.7 Å². The molecule has 0 aliphatic carbocycles. The number of imidazole rings is 1. The summed E-state index contributed by atoms with van der Waals surface area (Å²) < 4.78 is 40.4. The van der Waals surface area contributed by atoms with E-state index in [2.05, 4.69) is 4.98 Å². The summed E-state index contributed by atoms with van der Waals surface area (Å²) in [5, 5.41) is -0.00488. The van der Waals surface area contributed by atoms with Crippen LogP contribution in [0.2, 0.25) is 5.02 Å². The molecule has 0 saturated carbocycles. The van der Waals surface area contributed by atoms with Gasteiger partial charge in [-0.15, -0.1) is 0 Å². The van der Waals surface area contributed by atoms with Gasteiger partial charge >= 0.3 is 6.18 Å². The highest BCUT2D eigenvalue weighted by Crippen LogP contribution is 2.38. The molecule has 2 aromatic rings. The van der Waals surface area contributed by atoms with Gasteiger partial charge in [-0.25, -0.2) is 4.98 Å². The van der Waals surface area contributed by atoms with Crippen LogP contribution in [0.4, 0.5) is 13.2 Å². The number of hydrogen-bond acceptors (Lipinski definition) is 2. The monoisotopic (exact) mass is 289 g/mol. The number of halogens is 4. The minimum atomic E-state index is -4.50.